The third-order valence-corrected chi connectivity index (χ3v) is 3.69. The van der Waals surface area contributed by atoms with E-state index in [0.29, 0.717) is 6.61 Å². The van der Waals surface area contributed by atoms with Crippen LogP contribution in [0.25, 0.3) is 0 Å². The molecule has 1 aliphatic carbocycles. The molecular weight excluding hydrogens is 192 g/mol. The average molecular weight is 212 g/mol. The second kappa shape index (κ2) is 4.49. The van der Waals surface area contributed by atoms with Crippen molar-refractivity contribution in [1.29, 1.82) is 0 Å². The van der Waals surface area contributed by atoms with Crippen molar-refractivity contribution in [3.8, 4) is 0 Å². The van der Waals surface area contributed by atoms with E-state index in [9.17, 15) is 4.79 Å². The molecule has 4 nitrogen and oxygen atoms in total. The van der Waals surface area contributed by atoms with Crippen molar-refractivity contribution in [1.82, 2.24) is 4.90 Å². The molecule has 2 fully saturated rings. The van der Waals surface area contributed by atoms with Crippen LogP contribution in [0, 0.1) is 5.92 Å². The topological polar surface area (TPSA) is 55.6 Å². The molecule has 0 bridgehead atoms. The molecular formula is C11H20N2O2. The lowest BCUT2D eigenvalue weighted by Crippen LogP contribution is -2.44. The molecule has 0 aromatic carbocycles. The molecule has 1 saturated heterocycles. The average Bonchev–Trinajstić information content (AvgIpc) is 2.85. The molecule has 1 saturated carbocycles. The summed E-state index contributed by atoms with van der Waals surface area (Å²) in [7, 11) is 1.88. The summed E-state index contributed by atoms with van der Waals surface area (Å²) in [4.78, 5) is 14.0. The van der Waals surface area contributed by atoms with Crippen LogP contribution < -0.4 is 5.73 Å². The summed E-state index contributed by atoms with van der Waals surface area (Å²) < 4.78 is 5.29. The summed E-state index contributed by atoms with van der Waals surface area (Å²) in [5.41, 5.74) is 5.94. The third-order valence-electron chi connectivity index (χ3n) is 3.69. The van der Waals surface area contributed by atoms with Crippen molar-refractivity contribution in [3.05, 3.63) is 0 Å². The molecule has 0 aromatic heterocycles. The van der Waals surface area contributed by atoms with Crippen molar-refractivity contribution in [2.45, 2.75) is 37.8 Å². The van der Waals surface area contributed by atoms with Gasteiger partial charge >= 0.3 is 0 Å². The number of carbonyl (C=O) groups excluding carboxylic acids is 1. The molecule has 1 aliphatic heterocycles. The molecule has 0 aromatic rings. The second-order valence-electron chi connectivity index (χ2n) is 4.67. The van der Waals surface area contributed by atoms with E-state index in [2.05, 4.69) is 0 Å². The van der Waals surface area contributed by atoms with Gasteiger partial charge in [-0.15, -0.1) is 0 Å². The minimum atomic E-state index is 0.0515. The van der Waals surface area contributed by atoms with Crippen LogP contribution in [0.15, 0.2) is 0 Å². The summed E-state index contributed by atoms with van der Waals surface area (Å²) >= 11 is 0. The number of rotatable bonds is 2. The van der Waals surface area contributed by atoms with Gasteiger partial charge in [-0.3, -0.25) is 4.79 Å². The van der Waals surface area contributed by atoms with Gasteiger partial charge in [0.25, 0.3) is 0 Å². The van der Waals surface area contributed by atoms with Gasteiger partial charge in [0.1, 0.15) is 0 Å². The molecule has 2 rings (SSSR count). The number of carbonyl (C=O) groups is 1. The van der Waals surface area contributed by atoms with Crippen LogP contribution in [0.5, 0.6) is 0 Å². The van der Waals surface area contributed by atoms with E-state index in [-0.39, 0.29) is 23.9 Å². The fraction of sp³-hybridized carbons (Fsp3) is 0.909. The highest BCUT2D eigenvalue weighted by Gasteiger charge is 2.35. The monoisotopic (exact) mass is 212 g/mol. The fourth-order valence-electron chi connectivity index (χ4n) is 2.56. The molecule has 0 radical (unpaired) electrons. The standard InChI is InChI=1S/C11H20N2O2/c1-13(8-5-6-15-7-8)11(14)9-3-2-4-10(9)12/h8-10H,2-7,12H2,1H3. The first kappa shape index (κ1) is 10.9. The molecule has 1 amide bonds. The summed E-state index contributed by atoms with van der Waals surface area (Å²) in [5.74, 6) is 0.270. The van der Waals surface area contributed by atoms with Crippen molar-refractivity contribution in [2.24, 2.45) is 11.7 Å². The van der Waals surface area contributed by atoms with Crippen LogP contribution in [0.3, 0.4) is 0 Å². The predicted octanol–water partition coefficient (Wildman–Crippen LogP) is 0.361. The Morgan fingerprint density at radius 1 is 1.40 bits per heavy atom. The van der Waals surface area contributed by atoms with E-state index < -0.39 is 0 Å². The molecule has 2 aliphatic rings. The fourth-order valence-corrected chi connectivity index (χ4v) is 2.56. The minimum absolute atomic E-state index is 0.0515. The summed E-state index contributed by atoms with van der Waals surface area (Å²) in [5, 5.41) is 0. The Kier molecular flexibility index (Phi) is 3.26. The lowest BCUT2D eigenvalue weighted by Gasteiger charge is -2.27. The highest BCUT2D eigenvalue weighted by Crippen LogP contribution is 2.26. The number of hydrogen-bond acceptors (Lipinski definition) is 3. The maximum absolute atomic E-state index is 12.1. The van der Waals surface area contributed by atoms with Crippen LogP contribution in [-0.2, 0) is 9.53 Å². The number of hydrogen-bond donors (Lipinski definition) is 1. The lowest BCUT2D eigenvalue weighted by atomic mass is 10.0. The van der Waals surface area contributed by atoms with Crippen LogP contribution in [0.2, 0.25) is 0 Å². The Labute approximate surface area is 90.8 Å². The van der Waals surface area contributed by atoms with E-state index in [1.165, 1.54) is 0 Å². The van der Waals surface area contributed by atoms with Gasteiger partial charge in [-0.2, -0.15) is 0 Å². The Morgan fingerprint density at radius 3 is 2.73 bits per heavy atom. The Morgan fingerprint density at radius 2 is 2.20 bits per heavy atom. The molecule has 3 unspecified atom stereocenters. The van der Waals surface area contributed by atoms with Crippen molar-refractivity contribution < 1.29 is 9.53 Å². The van der Waals surface area contributed by atoms with Gasteiger partial charge in [0.05, 0.1) is 18.6 Å². The van der Waals surface area contributed by atoms with Crippen LogP contribution >= 0.6 is 0 Å². The normalized spacial score (nSPS) is 35.7. The van der Waals surface area contributed by atoms with Gasteiger partial charge in [0.2, 0.25) is 5.91 Å². The first-order valence-electron chi connectivity index (χ1n) is 5.80. The SMILES string of the molecule is CN(C(=O)C1CCCC1N)C1CCOC1. The van der Waals surface area contributed by atoms with Crippen LogP contribution in [0.4, 0.5) is 0 Å². The third kappa shape index (κ3) is 2.16. The van der Waals surface area contributed by atoms with E-state index in [1.54, 1.807) is 0 Å². The van der Waals surface area contributed by atoms with Gasteiger partial charge in [-0.05, 0) is 19.3 Å². The number of likely N-dealkylation sites (N-methyl/N-ethyl adjacent to an activating group) is 1. The first-order chi connectivity index (χ1) is 7.20. The van der Waals surface area contributed by atoms with Gasteiger partial charge in [0.15, 0.2) is 0 Å². The summed E-state index contributed by atoms with van der Waals surface area (Å²) in [6.45, 7) is 1.46. The molecule has 3 atom stereocenters. The largest absolute Gasteiger partial charge is 0.379 e. The van der Waals surface area contributed by atoms with Crippen LogP contribution in [-0.4, -0.2) is 43.2 Å². The molecule has 15 heavy (non-hydrogen) atoms. The minimum Gasteiger partial charge on any atom is -0.379 e. The zero-order valence-corrected chi connectivity index (χ0v) is 9.32. The number of amides is 1. The Bertz CT molecular complexity index is 239. The molecule has 4 heteroatoms. The van der Waals surface area contributed by atoms with E-state index >= 15 is 0 Å². The highest BCUT2D eigenvalue weighted by molar-refractivity contribution is 5.80. The van der Waals surface area contributed by atoms with Gasteiger partial charge in [-0.1, -0.05) is 6.42 Å². The van der Waals surface area contributed by atoms with Gasteiger partial charge < -0.3 is 15.4 Å². The quantitative estimate of drug-likeness (QED) is 0.719. The predicted molar refractivity (Wildman–Crippen MR) is 57.3 cm³/mol. The van der Waals surface area contributed by atoms with E-state index in [1.807, 2.05) is 11.9 Å². The zero-order valence-electron chi connectivity index (χ0n) is 9.32. The summed E-state index contributed by atoms with van der Waals surface area (Å²) in [6, 6.07) is 0.340. The number of ether oxygens (including phenoxy) is 1. The molecule has 1 heterocycles. The maximum atomic E-state index is 12.1. The smallest absolute Gasteiger partial charge is 0.227 e. The van der Waals surface area contributed by atoms with Crippen LogP contribution in [0.1, 0.15) is 25.7 Å². The van der Waals surface area contributed by atoms with E-state index in [4.69, 9.17) is 10.5 Å². The van der Waals surface area contributed by atoms with Gasteiger partial charge in [-0.25, -0.2) is 0 Å². The number of nitrogens with two attached hydrogens (primary N) is 1. The maximum Gasteiger partial charge on any atom is 0.227 e. The van der Waals surface area contributed by atoms with Crippen molar-refractivity contribution in [2.75, 3.05) is 20.3 Å². The molecule has 86 valence electrons. The molecule has 2 N–H and O–H groups in total. The van der Waals surface area contributed by atoms with Crippen molar-refractivity contribution >= 4 is 5.91 Å². The molecule has 0 spiro atoms. The Balaban J connectivity index is 1.94. The number of nitrogens with zero attached hydrogens (tertiary/aromatic N) is 1. The van der Waals surface area contributed by atoms with E-state index in [0.717, 1.165) is 32.3 Å². The zero-order chi connectivity index (χ0) is 10.8. The first-order valence-corrected chi connectivity index (χ1v) is 5.80. The summed E-state index contributed by atoms with van der Waals surface area (Å²) in [6.07, 6.45) is 4.00. The highest BCUT2D eigenvalue weighted by atomic mass is 16.5. The van der Waals surface area contributed by atoms with Crippen molar-refractivity contribution in [3.63, 3.8) is 0 Å². The Hall–Kier alpha value is -0.610. The second-order valence-corrected chi connectivity index (χ2v) is 4.67. The lowest BCUT2D eigenvalue weighted by molar-refractivity contribution is -0.136. The van der Waals surface area contributed by atoms with Gasteiger partial charge in [0, 0.05) is 19.7 Å².